The lowest BCUT2D eigenvalue weighted by Crippen LogP contribution is -2.24. The van der Waals surface area contributed by atoms with Gasteiger partial charge in [0.25, 0.3) is 0 Å². The quantitative estimate of drug-likeness (QED) is 0.494. The third-order valence-electron chi connectivity index (χ3n) is 3.17. The first-order valence-corrected chi connectivity index (χ1v) is 5.03. The first-order valence-electron chi connectivity index (χ1n) is 4.62. The van der Waals surface area contributed by atoms with Gasteiger partial charge in [0.2, 0.25) is 0 Å². The second-order valence-corrected chi connectivity index (χ2v) is 4.55. The standard InChI is InChI=1S/C11H14OS/c1-3-4-11-6-8(2)5-9(11)10(13)12-7-11/h3,9H,1-2,4-7H2/t9-,11+/m0/s1. The van der Waals surface area contributed by atoms with E-state index in [2.05, 4.69) is 13.2 Å². The Morgan fingerprint density at radius 3 is 3.15 bits per heavy atom. The molecule has 0 aromatic heterocycles. The van der Waals surface area contributed by atoms with E-state index in [1.165, 1.54) is 5.57 Å². The Morgan fingerprint density at radius 2 is 2.46 bits per heavy atom. The van der Waals surface area contributed by atoms with Crippen LogP contribution in [0.15, 0.2) is 24.8 Å². The smallest absolute Gasteiger partial charge is 0.163 e. The van der Waals surface area contributed by atoms with E-state index in [4.69, 9.17) is 17.0 Å². The van der Waals surface area contributed by atoms with Gasteiger partial charge in [-0.2, -0.15) is 0 Å². The molecule has 0 aromatic rings. The van der Waals surface area contributed by atoms with Gasteiger partial charge < -0.3 is 4.74 Å². The average molecular weight is 194 g/mol. The molecule has 0 N–H and O–H groups in total. The number of thiocarbonyl (C=S) groups is 1. The maximum atomic E-state index is 5.47. The molecule has 70 valence electrons. The molecular weight excluding hydrogens is 180 g/mol. The van der Waals surface area contributed by atoms with Crippen LogP contribution in [0.5, 0.6) is 0 Å². The summed E-state index contributed by atoms with van der Waals surface area (Å²) in [6.07, 6.45) is 5.05. The van der Waals surface area contributed by atoms with Crippen molar-refractivity contribution in [3.05, 3.63) is 24.8 Å². The van der Waals surface area contributed by atoms with E-state index in [0.29, 0.717) is 5.92 Å². The van der Waals surface area contributed by atoms with Crippen molar-refractivity contribution in [3.8, 4) is 0 Å². The lowest BCUT2D eigenvalue weighted by Gasteiger charge is -2.23. The highest BCUT2D eigenvalue weighted by Gasteiger charge is 2.51. The van der Waals surface area contributed by atoms with E-state index >= 15 is 0 Å². The SMILES string of the molecule is C=CC[C@@]12COC(=S)[C@@H]1CC(=C)C2. The van der Waals surface area contributed by atoms with Gasteiger partial charge >= 0.3 is 0 Å². The average Bonchev–Trinajstić information content (AvgIpc) is 2.51. The number of ether oxygens (including phenoxy) is 1. The Morgan fingerprint density at radius 1 is 1.69 bits per heavy atom. The predicted molar refractivity (Wildman–Crippen MR) is 57.7 cm³/mol. The second kappa shape index (κ2) is 2.95. The van der Waals surface area contributed by atoms with Crippen molar-refractivity contribution in [2.75, 3.05) is 6.61 Å². The van der Waals surface area contributed by atoms with E-state index in [1.54, 1.807) is 0 Å². The maximum absolute atomic E-state index is 5.47. The van der Waals surface area contributed by atoms with E-state index in [0.717, 1.165) is 30.9 Å². The van der Waals surface area contributed by atoms with Crippen molar-refractivity contribution in [1.29, 1.82) is 0 Å². The van der Waals surface area contributed by atoms with Gasteiger partial charge in [0, 0.05) is 11.3 Å². The minimum Gasteiger partial charge on any atom is -0.486 e. The topological polar surface area (TPSA) is 9.23 Å². The molecular formula is C11H14OS. The van der Waals surface area contributed by atoms with Gasteiger partial charge in [0.05, 0.1) is 6.61 Å². The van der Waals surface area contributed by atoms with Crippen molar-refractivity contribution in [1.82, 2.24) is 0 Å². The zero-order valence-electron chi connectivity index (χ0n) is 7.71. The monoisotopic (exact) mass is 194 g/mol. The molecule has 2 heteroatoms. The fourth-order valence-electron chi connectivity index (χ4n) is 2.56. The summed E-state index contributed by atoms with van der Waals surface area (Å²) < 4.78 is 5.47. The summed E-state index contributed by atoms with van der Waals surface area (Å²) in [5, 5.41) is 0.792. The zero-order chi connectivity index (χ0) is 9.47. The molecule has 0 spiro atoms. The molecule has 1 aliphatic heterocycles. The van der Waals surface area contributed by atoms with Crippen LogP contribution >= 0.6 is 12.2 Å². The highest BCUT2D eigenvalue weighted by molar-refractivity contribution is 7.80. The van der Waals surface area contributed by atoms with Gasteiger partial charge in [-0.1, -0.05) is 18.2 Å². The molecule has 2 aliphatic rings. The number of hydrogen-bond donors (Lipinski definition) is 0. The summed E-state index contributed by atoms with van der Waals surface area (Å²) in [6, 6.07) is 0. The van der Waals surface area contributed by atoms with Crippen molar-refractivity contribution in [2.45, 2.75) is 19.3 Å². The number of fused-ring (bicyclic) bond motifs is 1. The van der Waals surface area contributed by atoms with Gasteiger partial charge in [0.15, 0.2) is 5.05 Å². The molecule has 0 amide bonds. The van der Waals surface area contributed by atoms with Crippen LogP contribution in [0.1, 0.15) is 19.3 Å². The Bertz CT molecular complexity index is 282. The molecule has 2 rings (SSSR count). The molecule has 0 bridgehead atoms. The molecule has 0 unspecified atom stereocenters. The minimum absolute atomic E-state index is 0.218. The fourth-order valence-corrected chi connectivity index (χ4v) is 2.95. The summed E-state index contributed by atoms with van der Waals surface area (Å²) in [5.74, 6) is 0.424. The van der Waals surface area contributed by atoms with Gasteiger partial charge in [-0.3, -0.25) is 0 Å². The lowest BCUT2D eigenvalue weighted by atomic mass is 9.78. The van der Waals surface area contributed by atoms with Crippen LogP contribution in [0.3, 0.4) is 0 Å². The largest absolute Gasteiger partial charge is 0.486 e. The summed E-state index contributed by atoms with van der Waals surface area (Å²) in [6.45, 7) is 8.62. The van der Waals surface area contributed by atoms with Crippen LogP contribution in [0, 0.1) is 11.3 Å². The van der Waals surface area contributed by atoms with Crippen molar-refractivity contribution >= 4 is 17.3 Å². The van der Waals surface area contributed by atoms with Crippen LogP contribution in [0.25, 0.3) is 0 Å². The zero-order valence-corrected chi connectivity index (χ0v) is 8.53. The Hall–Kier alpha value is -0.630. The molecule has 13 heavy (non-hydrogen) atoms. The highest BCUT2D eigenvalue weighted by atomic mass is 32.1. The molecule has 1 nitrogen and oxygen atoms in total. The third-order valence-corrected chi connectivity index (χ3v) is 3.57. The molecule has 2 atom stereocenters. The third kappa shape index (κ3) is 1.24. The van der Waals surface area contributed by atoms with Crippen LogP contribution in [0.4, 0.5) is 0 Å². The van der Waals surface area contributed by atoms with E-state index in [1.807, 2.05) is 6.08 Å². The minimum atomic E-state index is 0.218. The first kappa shape index (κ1) is 8.95. The van der Waals surface area contributed by atoms with Gasteiger partial charge in [-0.05, 0) is 31.5 Å². The number of hydrogen-bond acceptors (Lipinski definition) is 2. The molecule has 0 radical (unpaired) electrons. The Labute approximate surface area is 84.5 Å². The second-order valence-electron chi connectivity index (χ2n) is 4.15. The van der Waals surface area contributed by atoms with Gasteiger partial charge in [-0.15, -0.1) is 6.58 Å². The first-order chi connectivity index (χ1) is 6.18. The molecule has 1 aliphatic carbocycles. The number of rotatable bonds is 2. The summed E-state index contributed by atoms with van der Waals surface area (Å²) in [4.78, 5) is 0. The van der Waals surface area contributed by atoms with Crippen LogP contribution < -0.4 is 0 Å². The van der Waals surface area contributed by atoms with Crippen LogP contribution in [-0.4, -0.2) is 11.7 Å². The summed E-state index contributed by atoms with van der Waals surface area (Å²) in [5.41, 5.74) is 1.54. The normalized spacial score (nSPS) is 37.4. The maximum Gasteiger partial charge on any atom is 0.163 e. The van der Waals surface area contributed by atoms with Crippen LogP contribution in [0.2, 0.25) is 0 Å². The summed E-state index contributed by atoms with van der Waals surface area (Å²) in [7, 11) is 0. The predicted octanol–water partition coefficient (Wildman–Crippen LogP) is 2.87. The van der Waals surface area contributed by atoms with Gasteiger partial charge in [-0.25, -0.2) is 0 Å². The van der Waals surface area contributed by atoms with Crippen molar-refractivity contribution in [2.24, 2.45) is 11.3 Å². The summed E-state index contributed by atoms with van der Waals surface area (Å²) >= 11 is 5.20. The molecule has 0 aromatic carbocycles. The van der Waals surface area contributed by atoms with Crippen molar-refractivity contribution in [3.63, 3.8) is 0 Å². The number of allylic oxidation sites excluding steroid dienone is 2. The van der Waals surface area contributed by atoms with Gasteiger partial charge in [0.1, 0.15) is 0 Å². The van der Waals surface area contributed by atoms with E-state index in [-0.39, 0.29) is 5.41 Å². The van der Waals surface area contributed by atoms with Crippen LogP contribution in [-0.2, 0) is 4.74 Å². The Kier molecular flexibility index (Phi) is 2.03. The fraction of sp³-hybridized carbons (Fsp3) is 0.545. The lowest BCUT2D eigenvalue weighted by molar-refractivity contribution is 0.198. The van der Waals surface area contributed by atoms with E-state index in [9.17, 15) is 0 Å². The highest BCUT2D eigenvalue weighted by Crippen LogP contribution is 2.53. The van der Waals surface area contributed by atoms with E-state index < -0.39 is 0 Å². The Balaban J connectivity index is 2.28. The van der Waals surface area contributed by atoms with Crippen molar-refractivity contribution < 1.29 is 4.74 Å². The molecule has 1 heterocycles. The molecule has 1 saturated heterocycles. The molecule has 2 fully saturated rings. The molecule has 1 saturated carbocycles.